The van der Waals surface area contributed by atoms with Gasteiger partial charge < -0.3 is 14.0 Å². The molecule has 0 radical (unpaired) electrons. The molecule has 5 nitrogen and oxygen atoms in total. The molecule has 0 saturated carbocycles. The van der Waals surface area contributed by atoms with E-state index in [0.717, 1.165) is 30.5 Å². The van der Waals surface area contributed by atoms with E-state index >= 15 is 0 Å². The zero-order valence-corrected chi connectivity index (χ0v) is 20.4. The summed E-state index contributed by atoms with van der Waals surface area (Å²) in [5.74, 6) is 1.16. The lowest BCUT2D eigenvalue weighted by molar-refractivity contribution is -0.144. The van der Waals surface area contributed by atoms with Crippen LogP contribution in [-0.4, -0.2) is 28.7 Å². The molecule has 2 aromatic carbocycles. The smallest absolute Gasteiger partial charge is 0.416 e. The van der Waals surface area contributed by atoms with Crippen molar-refractivity contribution in [2.45, 2.75) is 45.8 Å². The van der Waals surface area contributed by atoms with Crippen molar-refractivity contribution in [2.24, 2.45) is 5.92 Å². The first-order chi connectivity index (χ1) is 16.7. The van der Waals surface area contributed by atoms with Crippen molar-refractivity contribution in [1.82, 2.24) is 9.55 Å². The van der Waals surface area contributed by atoms with E-state index in [1.54, 1.807) is 11.5 Å². The van der Waals surface area contributed by atoms with Crippen LogP contribution in [0.1, 0.15) is 44.2 Å². The summed E-state index contributed by atoms with van der Waals surface area (Å²) in [5, 5.41) is 0.363. The molecule has 3 aromatic rings. The van der Waals surface area contributed by atoms with Crippen LogP contribution < -0.4 is 4.74 Å². The average Bonchev–Trinajstić information content (AvgIpc) is 3.17. The molecule has 188 valence electrons. The Bertz CT molecular complexity index is 1110. The van der Waals surface area contributed by atoms with Crippen LogP contribution in [0.2, 0.25) is 5.15 Å². The van der Waals surface area contributed by atoms with Crippen LogP contribution in [0.5, 0.6) is 5.75 Å². The van der Waals surface area contributed by atoms with E-state index in [9.17, 15) is 18.0 Å². The summed E-state index contributed by atoms with van der Waals surface area (Å²) < 4.78 is 51.5. The number of nitrogens with zero attached hydrogens (tertiary/aromatic N) is 2. The zero-order valence-electron chi connectivity index (χ0n) is 19.6. The van der Waals surface area contributed by atoms with Gasteiger partial charge in [-0.25, -0.2) is 4.98 Å². The molecule has 0 bridgehead atoms. The number of para-hydroxylation sites is 1. The summed E-state index contributed by atoms with van der Waals surface area (Å²) in [4.78, 5) is 15.9. The Morgan fingerprint density at radius 1 is 1.14 bits per heavy atom. The van der Waals surface area contributed by atoms with Crippen LogP contribution in [0.25, 0.3) is 11.4 Å². The second kappa shape index (κ2) is 12.1. The Kier molecular flexibility index (Phi) is 9.20. The highest BCUT2D eigenvalue weighted by molar-refractivity contribution is 6.29. The maximum Gasteiger partial charge on any atom is 0.416 e. The molecule has 1 heterocycles. The first-order valence-electron chi connectivity index (χ1n) is 11.4. The first-order valence-corrected chi connectivity index (χ1v) is 11.8. The van der Waals surface area contributed by atoms with Gasteiger partial charge in [0, 0.05) is 17.5 Å². The second-order valence-corrected chi connectivity index (χ2v) is 8.67. The normalized spacial score (nSPS) is 12.4. The number of benzene rings is 2. The van der Waals surface area contributed by atoms with E-state index in [-0.39, 0.29) is 11.9 Å². The number of esters is 1. The Labute approximate surface area is 207 Å². The zero-order chi connectivity index (χ0) is 25.4. The fourth-order valence-electron chi connectivity index (χ4n) is 3.71. The van der Waals surface area contributed by atoms with Gasteiger partial charge in [-0.2, -0.15) is 13.2 Å². The van der Waals surface area contributed by atoms with Gasteiger partial charge in [-0.1, -0.05) is 48.9 Å². The predicted octanol–water partition coefficient (Wildman–Crippen LogP) is 7.02. The summed E-state index contributed by atoms with van der Waals surface area (Å²) in [6, 6.07) is 12.4. The molecule has 0 amide bonds. The molecule has 0 saturated heterocycles. The molecule has 1 aromatic heterocycles. The van der Waals surface area contributed by atoms with Crippen LogP contribution in [0.3, 0.4) is 0 Å². The second-order valence-electron chi connectivity index (χ2n) is 8.28. The highest BCUT2D eigenvalue weighted by atomic mass is 35.5. The van der Waals surface area contributed by atoms with Gasteiger partial charge in [0.05, 0.1) is 31.5 Å². The highest BCUT2D eigenvalue weighted by Crippen LogP contribution is 2.32. The largest absolute Gasteiger partial charge is 0.493 e. The topological polar surface area (TPSA) is 53.4 Å². The Morgan fingerprint density at radius 2 is 1.86 bits per heavy atom. The van der Waals surface area contributed by atoms with Gasteiger partial charge in [-0.05, 0) is 43.9 Å². The number of imidazole rings is 1. The van der Waals surface area contributed by atoms with Crippen molar-refractivity contribution >= 4 is 17.6 Å². The Morgan fingerprint density at radius 3 is 2.54 bits per heavy atom. The molecule has 0 unspecified atom stereocenters. The molecule has 0 spiro atoms. The lowest BCUT2D eigenvalue weighted by atomic mass is 10.0. The third kappa shape index (κ3) is 7.49. The van der Waals surface area contributed by atoms with E-state index in [1.165, 1.54) is 18.3 Å². The molecule has 0 aliphatic rings. The van der Waals surface area contributed by atoms with Gasteiger partial charge in [-0.3, -0.25) is 4.79 Å². The van der Waals surface area contributed by atoms with Gasteiger partial charge in [-0.15, -0.1) is 0 Å². The lowest BCUT2D eigenvalue weighted by Gasteiger charge is -2.15. The molecular weight excluding hydrogens is 481 g/mol. The Hall–Kier alpha value is -3.00. The minimum Gasteiger partial charge on any atom is -0.493 e. The van der Waals surface area contributed by atoms with Gasteiger partial charge >= 0.3 is 12.1 Å². The van der Waals surface area contributed by atoms with Gasteiger partial charge in [0.1, 0.15) is 16.7 Å². The SMILES string of the molecule is CCOC(=O)C[C@H](C)CCCOc1ccccc1Cn1c(Cl)cnc1-c1ccc(C(F)(F)F)cc1. The molecule has 0 aliphatic heterocycles. The van der Waals surface area contributed by atoms with Crippen molar-refractivity contribution < 1.29 is 27.4 Å². The van der Waals surface area contributed by atoms with E-state index in [4.69, 9.17) is 21.1 Å². The van der Waals surface area contributed by atoms with Crippen molar-refractivity contribution in [3.05, 3.63) is 71.0 Å². The number of carbonyl (C=O) groups is 1. The molecule has 0 aliphatic carbocycles. The van der Waals surface area contributed by atoms with E-state index < -0.39 is 11.7 Å². The van der Waals surface area contributed by atoms with Crippen LogP contribution >= 0.6 is 11.6 Å². The molecule has 0 fully saturated rings. The minimum absolute atomic E-state index is 0.188. The fraction of sp³-hybridized carbons (Fsp3) is 0.385. The quantitative estimate of drug-likeness (QED) is 0.206. The number of rotatable bonds is 11. The number of alkyl halides is 3. The number of halogens is 4. The Balaban J connectivity index is 1.66. The van der Waals surface area contributed by atoms with Crippen molar-refractivity contribution in [3.8, 4) is 17.1 Å². The maximum atomic E-state index is 12.9. The van der Waals surface area contributed by atoms with E-state index in [0.29, 0.717) is 48.5 Å². The number of carbonyl (C=O) groups excluding carboxylic acids is 1. The monoisotopic (exact) mass is 508 g/mol. The summed E-state index contributed by atoms with van der Waals surface area (Å²) in [7, 11) is 0. The lowest BCUT2D eigenvalue weighted by Crippen LogP contribution is -2.11. The first kappa shape index (κ1) is 26.6. The molecule has 9 heteroatoms. The van der Waals surface area contributed by atoms with Crippen molar-refractivity contribution in [3.63, 3.8) is 0 Å². The summed E-state index contributed by atoms with van der Waals surface area (Å²) in [5.41, 5.74) is 0.666. The number of hydrogen-bond acceptors (Lipinski definition) is 4. The molecule has 35 heavy (non-hydrogen) atoms. The van der Waals surface area contributed by atoms with Crippen LogP contribution in [0.15, 0.2) is 54.7 Å². The average molecular weight is 509 g/mol. The number of ether oxygens (including phenoxy) is 2. The molecular formula is C26H28ClF3N2O3. The standard InChI is InChI=1S/C26H28ClF3N2O3/c1-3-34-24(33)15-18(2)7-6-14-35-22-9-5-4-8-20(22)17-32-23(27)16-31-25(32)19-10-12-21(13-11-19)26(28,29)30/h4-5,8-13,16,18H,3,6-7,14-15,17H2,1-2H3/t18-/m1/s1. The van der Waals surface area contributed by atoms with E-state index in [1.807, 2.05) is 31.2 Å². The van der Waals surface area contributed by atoms with Crippen LogP contribution in [0.4, 0.5) is 13.2 Å². The fourth-order valence-corrected chi connectivity index (χ4v) is 3.90. The van der Waals surface area contributed by atoms with E-state index in [2.05, 4.69) is 4.98 Å². The maximum absolute atomic E-state index is 12.9. The summed E-state index contributed by atoms with van der Waals surface area (Å²) in [6.45, 7) is 5.00. The molecule has 0 N–H and O–H groups in total. The summed E-state index contributed by atoms with van der Waals surface area (Å²) >= 11 is 6.37. The van der Waals surface area contributed by atoms with Crippen molar-refractivity contribution in [2.75, 3.05) is 13.2 Å². The molecule has 1 atom stereocenters. The molecule has 3 rings (SSSR count). The third-order valence-corrected chi connectivity index (χ3v) is 5.80. The predicted molar refractivity (Wildman–Crippen MR) is 128 cm³/mol. The highest BCUT2D eigenvalue weighted by Gasteiger charge is 2.30. The minimum atomic E-state index is -4.40. The van der Waals surface area contributed by atoms with Gasteiger partial charge in [0.2, 0.25) is 0 Å². The number of aromatic nitrogens is 2. The third-order valence-electron chi connectivity index (χ3n) is 5.50. The summed E-state index contributed by atoms with van der Waals surface area (Å²) in [6.07, 6.45) is -0.943. The van der Waals surface area contributed by atoms with Gasteiger partial charge in [0.15, 0.2) is 0 Å². The number of hydrogen-bond donors (Lipinski definition) is 0. The van der Waals surface area contributed by atoms with Crippen LogP contribution in [-0.2, 0) is 22.3 Å². The van der Waals surface area contributed by atoms with Crippen LogP contribution in [0, 0.1) is 5.92 Å². The van der Waals surface area contributed by atoms with Crippen molar-refractivity contribution in [1.29, 1.82) is 0 Å². The van der Waals surface area contributed by atoms with Gasteiger partial charge in [0.25, 0.3) is 0 Å².